The Balaban J connectivity index is 1.29. The summed E-state index contributed by atoms with van der Waals surface area (Å²) in [7, 11) is 0. The largest absolute Gasteiger partial charge is 0.416 e. The molecular weight excluding hydrogens is 463 g/mol. The van der Waals surface area contributed by atoms with E-state index in [9.17, 15) is 28.1 Å². The van der Waals surface area contributed by atoms with Crippen molar-refractivity contribution in [1.82, 2.24) is 14.9 Å². The summed E-state index contributed by atoms with van der Waals surface area (Å²) >= 11 is 0. The van der Waals surface area contributed by atoms with Gasteiger partial charge in [-0.25, -0.2) is 4.98 Å². The van der Waals surface area contributed by atoms with E-state index in [0.717, 1.165) is 42.0 Å². The molecule has 1 fully saturated rings. The number of hydrogen-bond acceptors (Lipinski definition) is 5. The molecule has 0 spiro atoms. The third-order valence-corrected chi connectivity index (χ3v) is 6.41. The van der Waals surface area contributed by atoms with Crippen LogP contribution in [0.3, 0.4) is 0 Å². The number of nitro groups is 1. The van der Waals surface area contributed by atoms with Gasteiger partial charge >= 0.3 is 6.18 Å². The van der Waals surface area contributed by atoms with Crippen LogP contribution >= 0.6 is 0 Å². The molecule has 2 heterocycles. The highest BCUT2D eigenvalue weighted by atomic mass is 19.4. The lowest BCUT2D eigenvalue weighted by atomic mass is 9.95. The molecule has 8 nitrogen and oxygen atoms in total. The summed E-state index contributed by atoms with van der Waals surface area (Å²) in [6, 6.07) is 10.5. The van der Waals surface area contributed by atoms with Gasteiger partial charge in [-0.1, -0.05) is 12.1 Å². The number of nitrogens with zero attached hydrogens (tertiary/aromatic N) is 4. The third kappa shape index (κ3) is 5.39. The van der Waals surface area contributed by atoms with E-state index in [2.05, 4.69) is 14.9 Å². The minimum Gasteiger partial charge on any atom is -0.366 e. The van der Waals surface area contributed by atoms with Crippen LogP contribution < -0.4 is 10.2 Å². The summed E-state index contributed by atoms with van der Waals surface area (Å²) in [5.41, 5.74) is 0.506. The molecule has 0 saturated carbocycles. The van der Waals surface area contributed by atoms with Crippen LogP contribution in [0.1, 0.15) is 30.7 Å². The standard InChI is InChI=1S/C24H26F3N5O3/c1-16-29-19-5-2-3-6-20(19)31(16)12-4-11-28-23(33)17-9-13-30(14-10-17)21-8-7-18(24(25,26)27)15-22(21)32(34)35/h2-3,5-8,15,17H,4,9-14H2,1H3,(H,28,33). The molecule has 0 bridgehead atoms. The number of alkyl halides is 3. The molecule has 0 atom stereocenters. The number of fused-ring (bicyclic) bond motifs is 1. The zero-order valence-electron chi connectivity index (χ0n) is 19.2. The van der Waals surface area contributed by atoms with Crippen molar-refractivity contribution in [3.05, 3.63) is 64.0 Å². The van der Waals surface area contributed by atoms with Crippen molar-refractivity contribution in [3.63, 3.8) is 0 Å². The van der Waals surface area contributed by atoms with Gasteiger partial charge in [-0.2, -0.15) is 13.2 Å². The van der Waals surface area contributed by atoms with Crippen LogP contribution in [0, 0.1) is 23.0 Å². The van der Waals surface area contributed by atoms with Crippen molar-refractivity contribution >= 4 is 28.3 Å². The molecule has 1 amide bonds. The highest BCUT2D eigenvalue weighted by molar-refractivity contribution is 5.79. The number of nitrogens with one attached hydrogen (secondary N) is 1. The van der Waals surface area contributed by atoms with Crippen molar-refractivity contribution in [3.8, 4) is 0 Å². The van der Waals surface area contributed by atoms with Gasteiger partial charge in [-0.15, -0.1) is 0 Å². The van der Waals surface area contributed by atoms with Gasteiger partial charge in [0.15, 0.2) is 0 Å². The zero-order valence-corrected chi connectivity index (χ0v) is 19.2. The topological polar surface area (TPSA) is 93.3 Å². The van der Waals surface area contributed by atoms with E-state index in [1.54, 1.807) is 4.90 Å². The molecule has 35 heavy (non-hydrogen) atoms. The van der Waals surface area contributed by atoms with Crippen molar-refractivity contribution in [2.75, 3.05) is 24.5 Å². The Hall–Kier alpha value is -3.63. The summed E-state index contributed by atoms with van der Waals surface area (Å²) in [6.45, 7) is 3.89. The predicted octanol–water partition coefficient (Wildman–Crippen LogP) is 4.69. The number of para-hydroxylation sites is 2. The SMILES string of the molecule is Cc1nc2ccccc2n1CCCNC(=O)C1CCN(c2ccc(C(F)(F)F)cc2[N+](=O)[O-])CC1. The Bertz CT molecular complexity index is 1230. The molecule has 186 valence electrons. The summed E-state index contributed by atoms with van der Waals surface area (Å²) in [5, 5.41) is 14.3. The number of benzene rings is 2. The molecule has 11 heteroatoms. The molecule has 3 aromatic rings. The third-order valence-electron chi connectivity index (χ3n) is 6.41. The van der Waals surface area contributed by atoms with Crippen molar-refractivity contribution in [2.45, 2.75) is 38.9 Å². The monoisotopic (exact) mass is 489 g/mol. The summed E-state index contributed by atoms with van der Waals surface area (Å²) in [5.74, 6) is 0.608. The molecule has 1 N–H and O–H groups in total. The van der Waals surface area contributed by atoms with Gasteiger partial charge in [-0.3, -0.25) is 14.9 Å². The van der Waals surface area contributed by atoms with Gasteiger partial charge in [0.25, 0.3) is 5.69 Å². The number of aryl methyl sites for hydroxylation is 2. The number of anilines is 1. The second-order valence-corrected chi connectivity index (χ2v) is 8.66. The summed E-state index contributed by atoms with van der Waals surface area (Å²) < 4.78 is 41.0. The normalized spacial score (nSPS) is 14.9. The molecule has 0 radical (unpaired) electrons. The van der Waals surface area contributed by atoms with Crippen LogP contribution in [-0.4, -0.2) is 40.0 Å². The van der Waals surface area contributed by atoms with Crippen LogP contribution in [0.2, 0.25) is 0 Å². The Morgan fingerprint density at radius 3 is 2.60 bits per heavy atom. The van der Waals surface area contributed by atoms with Crippen LogP contribution in [0.5, 0.6) is 0 Å². The maximum atomic E-state index is 13.0. The molecular formula is C24H26F3N5O3. The average Bonchev–Trinajstić information content (AvgIpc) is 3.15. The average molecular weight is 489 g/mol. The van der Waals surface area contributed by atoms with E-state index >= 15 is 0 Å². The lowest BCUT2D eigenvalue weighted by Gasteiger charge is -2.32. The van der Waals surface area contributed by atoms with Crippen LogP contribution in [0.15, 0.2) is 42.5 Å². The first-order chi connectivity index (χ1) is 16.6. The van der Waals surface area contributed by atoms with Crippen molar-refractivity contribution in [1.29, 1.82) is 0 Å². The fourth-order valence-electron chi connectivity index (χ4n) is 4.57. The van der Waals surface area contributed by atoms with Gasteiger partial charge in [0.1, 0.15) is 11.5 Å². The van der Waals surface area contributed by atoms with E-state index < -0.39 is 22.4 Å². The molecule has 1 aliphatic heterocycles. The van der Waals surface area contributed by atoms with Crippen LogP contribution in [0.25, 0.3) is 11.0 Å². The molecule has 2 aromatic carbocycles. The van der Waals surface area contributed by atoms with Gasteiger partial charge < -0.3 is 14.8 Å². The Morgan fingerprint density at radius 2 is 1.91 bits per heavy atom. The van der Waals surface area contributed by atoms with Gasteiger partial charge in [0.05, 0.1) is 21.5 Å². The first kappa shape index (κ1) is 24.5. The highest BCUT2D eigenvalue weighted by Gasteiger charge is 2.34. The van der Waals surface area contributed by atoms with Crippen molar-refractivity contribution in [2.24, 2.45) is 5.92 Å². The van der Waals surface area contributed by atoms with E-state index in [4.69, 9.17) is 0 Å². The first-order valence-corrected chi connectivity index (χ1v) is 11.5. The zero-order chi connectivity index (χ0) is 25.2. The first-order valence-electron chi connectivity index (χ1n) is 11.5. The Labute approximate surface area is 199 Å². The van der Waals surface area contributed by atoms with Crippen LogP contribution in [-0.2, 0) is 17.5 Å². The molecule has 4 rings (SSSR count). The molecule has 1 aliphatic rings. The maximum absolute atomic E-state index is 13.0. The summed E-state index contributed by atoms with van der Waals surface area (Å²) in [4.78, 5) is 29.4. The van der Waals surface area contributed by atoms with Crippen LogP contribution in [0.4, 0.5) is 24.5 Å². The molecule has 1 saturated heterocycles. The second kappa shape index (κ2) is 9.93. The van der Waals surface area contributed by atoms with E-state index in [1.807, 2.05) is 31.2 Å². The minimum absolute atomic E-state index is 0.0706. The number of hydrogen-bond donors (Lipinski definition) is 1. The number of halogens is 3. The fraction of sp³-hybridized carbons (Fsp3) is 0.417. The number of imidazole rings is 1. The number of aromatic nitrogens is 2. The van der Waals surface area contributed by atoms with Gasteiger partial charge in [0.2, 0.25) is 5.91 Å². The number of nitro benzene ring substituents is 1. The number of amides is 1. The maximum Gasteiger partial charge on any atom is 0.416 e. The number of piperidine rings is 1. The molecule has 0 unspecified atom stereocenters. The molecule has 0 aliphatic carbocycles. The van der Waals surface area contributed by atoms with E-state index in [1.165, 1.54) is 0 Å². The number of carbonyl (C=O) groups is 1. The Morgan fingerprint density at radius 1 is 1.20 bits per heavy atom. The molecule has 1 aromatic heterocycles. The van der Waals surface area contributed by atoms with Gasteiger partial charge in [-0.05, 0) is 50.5 Å². The number of carbonyl (C=O) groups excluding carboxylic acids is 1. The quantitative estimate of drug-likeness (QED) is 0.295. The lowest BCUT2D eigenvalue weighted by molar-refractivity contribution is -0.384. The van der Waals surface area contributed by atoms with E-state index in [0.29, 0.717) is 38.5 Å². The number of rotatable bonds is 7. The highest BCUT2D eigenvalue weighted by Crippen LogP contribution is 2.37. The van der Waals surface area contributed by atoms with Crippen molar-refractivity contribution < 1.29 is 22.9 Å². The van der Waals surface area contributed by atoms with E-state index in [-0.39, 0.29) is 17.5 Å². The fourth-order valence-corrected chi connectivity index (χ4v) is 4.57. The van der Waals surface area contributed by atoms with Gasteiger partial charge in [0, 0.05) is 38.2 Å². The minimum atomic E-state index is -4.65. The lowest BCUT2D eigenvalue weighted by Crippen LogP contribution is -2.41. The Kier molecular flexibility index (Phi) is 6.95. The predicted molar refractivity (Wildman–Crippen MR) is 125 cm³/mol. The smallest absolute Gasteiger partial charge is 0.366 e. The summed E-state index contributed by atoms with van der Waals surface area (Å²) in [6.07, 6.45) is -2.98. The second-order valence-electron chi connectivity index (χ2n) is 8.66.